The Morgan fingerprint density at radius 3 is 1.15 bits per heavy atom. The van der Waals surface area contributed by atoms with Gasteiger partial charge >= 0.3 is 0 Å². The Morgan fingerprint density at radius 1 is 0.275 bits per heavy atom. The molecule has 0 N–H and O–H groups in total. The van der Waals surface area contributed by atoms with Crippen LogP contribution in [0.2, 0.25) is 0 Å². The molecule has 5 heteroatoms. The summed E-state index contributed by atoms with van der Waals surface area (Å²) in [6.07, 6.45) is 0. The van der Waals surface area contributed by atoms with Crippen molar-refractivity contribution in [3.8, 4) is 56.8 Å². The molecule has 0 aliphatic heterocycles. The number of hydrogen-bond acceptors (Lipinski definition) is 5. The highest BCUT2D eigenvalue weighted by Crippen LogP contribution is 2.31. The van der Waals surface area contributed by atoms with E-state index in [2.05, 4.69) is 18.2 Å². The topological polar surface area (TPSA) is 64.5 Å². The summed E-state index contributed by atoms with van der Waals surface area (Å²) < 4.78 is 0. The van der Waals surface area contributed by atoms with Crippen LogP contribution in [0.15, 0.2) is 140 Å². The zero-order chi connectivity index (χ0) is 26.7. The van der Waals surface area contributed by atoms with Crippen molar-refractivity contribution in [2.24, 2.45) is 0 Å². The average Bonchev–Trinajstić information content (AvgIpc) is 3.05. The molecule has 7 rings (SSSR count). The van der Waals surface area contributed by atoms with Crippen molar-refractivity contribution < 1.29 is 0 Å². The average molecular weight is 514 g/mol. The maximum Gasteiger partial charge on any atom is 0.164 e. The molecule has 0 unspecified atom stereocenters. The van der Waals surface area contributed by atoms with Crippen LogP contribution in [0.5, 0.6) is 0 Å². The van der Waals surface area contributed by atoms with E-state index in [1.165, 1.54) is 0 Å². The van der Waals surface area contributed by atoms with Gasteiger partial charge in [-0.05, 0) is 6.07 Å². The Balaban J connectivity index is 1.33. The number of nitrogens with zero attached hydrogens (tertiary/aromatic N) is 5. The number of para-hydroxylation sites is 1. The minimum absolute atomic E-state index is 0.622. The molecular weight excluding hydrogens is 490 g/mol. The summed E-state index contributed by atoms with van der Waals surface area (Å²) in [7, 11) is 0. The lowest BCUT2D eigenvalue weighted by Crippen LogP contribution is -2.00. The van der Waals surface area contributed by atoms with Gasteiger partial charge in [-0.25, -0.2) is 24.9 Å². The van der Waals surface area contributed by atoms with Gasteiger partial charge in [0.2, 0.25) is 0 Å². The second kappa shape index (κ2) is 10.3. The van der Waals surface area contributed by atoms with E-state index in [0.717, 1.165) is 44.4 Å². The second-order valence-corrected chi connectivity index (χ2v) is 9.39. The SMILES string of the molecule is c1ccc(-c2nc(-c3ccccc3)nc(-c3ccc(-c4nc(-c5ccccc5)nc5ccccc45)cc3)n2)cc1. The lowest BCUT2D eigenvalue weighted by molar-refractivity contribution is 1.07. The molecule has 0 amide bonds. The zero-order valence-electron chi connectivity index (χ0n) is 21.5. The van der Waals surface area contributed by atoms with Crippen LogP contribution in [-0.4, -0.2) is 24.9 Å². The third-order valence-electron chi connectivity index (χ3n) is 6.75. The van der Waals surface area contributed by atoms with E-state index in [1.807, 2.05) is 121 Å². The van der Waals surface area contributed by atoms with Crippen LogP contribution in [0, 0.1) is 0 Å². The molecule has 5 nitrogen and oxygen atoms in total. The first-order valence-electron chi connectivity index (χ1n) is 13.1. The maximum atomic E-state index is 5.00. The quantitative estimate of drug-likeness (QED) is 0.232. The number of fused-ring (bicyclic) bond motifs is 1. The molecule has 7 aromatic rings. The van der Waals surface area contributed by atoms with Crippen molar-refractivity contribution >= 4 is 10.9 Å². The Labute approximate surface area is 231 Å². The van der Waals surface area contributed by atoms with Crippen LogP contribution in [0.25, 0.3) is 67.7 Å². The highest BCUT2D eigenvalue weighted by Gasteiger charge is 2.14. The molecule has 0 aliphatic carbocycles. The van der Waals surface area contributed by atoms with E-state index in [4.69, 9.17) is 24.9 Å². The number of hydrogen-bond donors (Lipinski definition) is 0. The normalized spacial score (nSPS) is 11.0. The molecule has 2 aromatic heterocycles. The molecule has 188 valence electrons. The lowest BCUT2D eigenvalue weighted by atomic mass is 10.0. The summed E-state index contributed by atoms with van der Waals surface area (Å²) in [5.74, 6) is 2.61. The molecule has 0 fully saturated rings. The van der Waals surface area contributed by atoms with Gasteiger partial charge in [0.15, 0.2) is 23.3 Å². The minimum Gasteiger partial charge on any atom is -0.228 e. The van der Waals surface area contributed by atoms with Crippen LogP contribution in [-0.2, 0) is 0 Å². The number of rotatable bonds is 5. The second-order valence-electron chi connectivity index (χ2n) is 9.39. The van der Waals surface area contributed by atoms with Crippen molar-refractivity contribution in [1.82, 2.24) is 24.9 Å². The van der Waals surface area contributed by atoms with E-state index in [-0.39, 0.29) is 0 Å². The highest BCUT2D eigenvalue weighted by molar-refractivity contribution is 5.93. The molecule has 0 bridgehead atoms. The fourth-order valence-corrected chi connectivity index (χ4v) is 4.73. The van der Waals surface area contributed by atoms with Gasteiger partial charge < -0.3 is 0 Å². The van der Waals surface area contributed by atoms with E-state index < -0.39 is 0 Å². The molecule has 0 atom stereocenters. The van der Waals surface area contributed by atoms with Crippen LogP contribution in [0.4, 0.5) is 0 Å². The largest absolute Gasteiger partial charge is 0.228 e. The van der Waals surface area contributed by atoms with Gasteiger partial charge in [-0.1, -0.05) is 133 Å². The molecule has 40 heavy (non-hydrogen) atoms. The van der Waals surface area contributed by atoms with E-state index >= 15 is 0 Å². The van der Waals surface area contributed by atoms with Gasteiger partial charge in [-0.3, -0.25) is 0 Å². The predicted molar refractivity (Wildman–Crippen MR) is 160 cm³/mol. The van der Waals surface area contributed by atoms with Gasteiger partial charge in [-0.2, -0.15) is 0 Å². The molecular formula is C35H23N5. The summed E-state index contributed by atoms with van der Waals surface area (Å²) in [4.78, 5) is 24.3. The third-order valence-corrected chi connectivity index (χ3v) is 6.75. The highest BCUT2D eigenvalue weighted by atomic mass is 15.0. The van der Waals surface area contributed by atoms with Crippen molar-refractivity contribution in [3.63, 3.8) is 0 Å². The van der Waals surface area contributed by atoms with Gasteiger partial charge in [0.1, 0.15) is 0 Å². The molecule has 0 radical (unpaired) electrons. The fourth-order valence-electron chi connectivity index (χ4n) is 4.73. The molecule has 5 aromatic carbocycles. The summed E-state index contributed by atoms with van der Waals surface area (Å²) in [5, 5.41) is 1.01. The van der Waals surface area contributed by atoms with Crippen molar-refractivity contribution in [2.75, 3.05) is 0 Å². The fraction of sp³-hybridized carbons (Fsp3) is 0. The van der Waals surface area contributed by atoms with Crippen LogP contribution in [0.1, 0.15) is 0 Å². The first-order chi connectivity index (χ1) is 19.8. The number of aromatic nitrogens is 5. The lowest BCUT2D eigenvalue weighted by Gasteiger charge is -2.11. The van der Waals surface area contributed by atoms with Gasteiger partial charge in [0, 0.05) is 33.2 Å². The minimum atomic E-state index is 0.622. The molecule has 0 saturated heterocycles. The third kappa shape index (κ3) is 4.61. The smallest absolute Gasteiger partial charge is 0.164 e. The standard InChI is InChI=1S/C35H23N5/c1-4-12-25(13-5-1)32-36-30-19-11-10-18-29(30)31(37-32)24-20-22-28(23-21-24)35-39-33(26-14-6-2-7-15-26)38-34(40-35)27-16-8-3-9-17-27/h1-23H. The van der Waals surface area contributed by atoms with E-state index in [9.17, 15) is 0 Å². The molecule has 0 saturated carbocycles. The Hall–Kier alpha value is -5.55. The van der Waals surface area contributed by atoms with Crippen molar-refractivity contribution in [1.29, 1.82) is 0 Å². The Kier molecular flexibility index (Phi) is 6.07. The van der Waals surface area contributed by atoms with Gasteiger partial charge in [0.25, 0.3) is 0 Å². The first-order valence-corrected chi connectivity index (χ1v) is 13.1. The van der Waals surface area contributed by atoms with Crippen LogP contribution >= 0.6 is 0 Å². The van der Waals surface area contributed by atoms with Crippen molar-refractivity contribution in [3.05, 3.63) is 140 Å². The van der Waals surface area contributed by atoms with Crippen molar-refractivity contribution in [2.45, 2.75) is 0 Å². The molecule has 0 aliphatic rings. The van der Waals surface area contributed by atoms with Crippen LogP contribution in [0.3, 0.4) is 0 Å². The van der Waals surface area contributed by atoms with Gasteiger partial charge in [0.05, 0.1) is 11.2 Å². The Morgan fingerprint density at radius 2 is 0.650 bits per heavy atom. The summed E-state index contributed by atoms with van der Waals surface area (Å²) in [6, 6.07) is 46.5. The summed E-state index contributed by atoms with van der Waals surface area (Å²) in [5.41, 5.74) is 6.58. The summed E-state index contributed by atoms with van der Waals surface area (Å²) in [6.45, 7) is 0. The van der Waals surface area contributed by atoms with Gasteiger partial charge in [-0.15, -0.1) is 0 Å². The monoisotopic (exact) mass is 513 g/mol. The van der Waals surface area contributed by atoms with E-state index in [0.29, 0.717) is 23.3 Å². The number of benzene rings is 5. The molecule has 0 spiro atoms. The van der Waals surface area contributed by atoms with E-state index in [1.54, 1.807) is 0 Å². The predicted octanol–water partition coefficient (Wildman–Crippen LogP) is 8.15. The zero-order valence-corrected chi connectivity index (χ0v) is 21.5. The van der Waals surface area contributed by atoms with Crippen LogP contribution < -0.4 is 0 Å². The summed E-state index contributed by atoms with van der Waals surface area (Å²) >= 11 is 0. The maximum absolute atomic E-state index is 5.00. The first kappa shape index (κ1) is 23.6. The Bertz CT molecular complexity index is 1860. The molecule has 2 heterocycles.